The number of aromatic nitrogens is 3. The quantitative estimate of drug-likeness (QED) is 0.401. The number of fused-ring (bicyclic) bond motifs is 2. The molecule has 4 heterocycles. The van der Waals surface area contributed by atoms with Crippen molar-refractivity contribution in [1.82, 2.24) is 19.9 Å². The van der Waals surface area contributed by atoms with Gasteiger partial charge >= 0.3 is 0 Å². The van der Waals surface area contributed by atoms with E-state index in [0.717, 1.165) is 73.9 Å². The molecule has 10 heteroatoms. The monoisotopic (exact) mass is 511 g/mol. The Labute approximate surface area is 213 Å². The average Bonchev–Trinajstić information content (AvgIpc) is 3.36. The first-order chi connectivity index (χ1) is 16.9. The summed E-state index contributed by atoms with van der Waals surface area (Å²) in [4.78, 5) is 20.7. The van der Waals surface area contributed by atoms with Crippen molar-refractivity contribution in [3.8, 4) is 0 Å². The lowest BCUT2D eigenvalue weighted by atomic mass is 10.2. The van der Waals surface area contributed by atoms with Crippen LogP contribution in [0.2, 0.25) is 5.02 Å². The van der Waals surface area contributed by atoms with Crippen LogP contribution in [-0.4, -0.2) is 61.8 Å². The lowest BCUT2D eigenvalue weighted by Crippen LogP contribution is -2.33. The number of likely N-dealkylation sites (tertiary alicyclic amines) is 1. The Hall–Kier alpha value is -2.59. The van der Waals surface area contributed by atoms with Gasteiger partial charge in [0.25, 0.3) is 0 Å². The summed E-state index contributed by atoms with van der Waals surface area (Å²) in [7, 11) is 0. The summed E-state index contributed by atoms with van der Waals surface area (Å²) >= 11 is 8.45. The number of hydrogen-bond acceptors (Lipinski definition) is 8. The molecule has 0 radical (unpaired) electrons. The van der Waals surface area contributed by atoms with E-state index in [9.17, 15) is 5.11 Å². The highest BCUT2D eigenvalue weighted by Crippen LogP contribution is 2.29. The highest BCUT2D eigenvalue weighted by molar-refractivity contribution is 8.14. The van der Waals surface area contributed by atoms with Crippen molar-refractivity contribution in [2.45, 2.75) is 50.2 Å². The molecule has 2 unspecified atom stereocenters. The van der Waals surface area contributed by atoms with Gasteiger partial charge in [-0.05, 0) is 38.0 Å². The number of aliphatic hydroxyl groups is 1. The van der Waals surface area contributed by atoms with Crippen molar-refractivity contribution in [3.05, 3.63) is 45.8 Å². The number of halogens is 1. The smallest absolute Gasteiger partial charge is 0.140 e. The van der Waals surface area contributed by atoms with E-state index in [-0.39, 0.29) is 6.04 Å². The molecule has 0 aliphatic carbocycles. The van der Waals surface area contributed by atoms with Crippen LogP contribution in [0.1, 0.15) is 32.4 Å². The molecule has 0 saturated carbocycles. The van der Waals surface area contributed by atoms with Gasteiger partial charge in [-0.2, -0.15) is 0 Å². The fourth-order valence-electron chi connectivity index (χ4n) is 4.47. The van der Waals surface area contributed by atoms with E-state index in [1.807, 2.05) is 6.07 Å². The lowest BCUT2D eigenvalue weighted by Gasteiger charge is -2.19. The highest BCUT2D eigenvalue weighted by Gasteiger charge is 2.25. The number of nitrogens with zero attached hydrogens (tertiary/aromatic N) is 4. The topological polar surface area (TPSA) is 115 Å². The van der Waals surface area contributed by atoms with Crippen LogP contribution in [0.3, 0.4) is 0 Å². The molecule has 5 N–H and O–H groups in total. The molecular weight excluding hydrogens is 482 g/mol. The van der Waals surface area contributed by atoms with Crippen LogP contribution in [0.5, 0.6) is 0 Å². The molecule has 2 aromatic heterocycles. The zero-order valence-electron chi connectivity index (χ0n) is 19.9. The maximum absolute atomic E-state index is 9.60. The molecule has 0 amide bonds. The second kappa shape index (κ2) is 10.2. The van der Waals surface area contributed by atoms with Gasteiger partial charge in [0, 0.05) is 53.4 Å². The fraction of sp³-hybridized carbons (Fsp3) is 0.400. The maximum Gasteiger partial charge on any atom is 0.140 e. The largest absolute Gasteiger partial charge is 0.392 e. The van der Waals surface area contributed by atoms with E-state index in [4.69, 9.17) is 22.3 Å². The Morgan fingerprint density at radius 3 is 2.97 bits per heavy atom. The number of rotatable bonds is 6. The third kappa shape index (κ3) is 5.04. The number of hydrogen-bond donors (Lipinski definition) is 4. The van der Waals surface area contributed by atoms with Crippen LogP contribution in [0.25, 0.3) is 22.8 Å². The molecule has 1 saturated heterocycles. The standard InChI is InChI=1S/C25H30ClN7OS/c1-3-18-23(26)22-19(31-18)6-7-21(32-25(22)33-9-8-15(27)12-33)35-16-4-5-17-20(10-16)29-13-30-24(17)28-11-14(2)34/h4-6,10,13-15,31,34H,3,7-9,11-12,27H2,1-2H3,(H,28,29,30). The van der Waals surface area contributed by atoms with Crippen molar-refractivity contribution in [1.29, 1.82) is 0 Å². The first-order valence-electron chi connectivity index (χ1n) is 12.0. The highest BCUT2D eigenvalue weighted by atomic mass is 35.5. The van der Waals surface area contributed by atoms with Crippen LogP contribution in [-0.2, 0) is 6.42 Å². The fourth-order valence-corrected chi connectivity index (χ4v) is 5.71. The van der Waals surface area contributed by atoms with Crippen LogP contribution < -0.4 is 21.6 Å². The number of aromatic amines is 1. The Kier molecular flexibility index (Phi) is 7.02. The Balaban J connectivity index is 1.50. The summed E-state index contributed by atoms with van der Waals surface area (Å²) in [5.74, 6) is 1.62. The number of aliphatic imine (C=N–C) groups is 1. The summed E-state index contributed by atoms with van der Waals surface area (Å²) in [5.41, 5.74) is 8.11. The first kappa shape index (κ1) is 24.1. The zero-order valence-corrected chi connectivity index (χ0v) is 21.5. The van der Waals surface area contributed by atoms with E-state index in [2.05, 4.69) is 50.3 Å². The van der Waals surface area contributed by atoms with Gasteiger partial charge in [0.15, 0.2) is 0 Å². The van der Waals surface area contributed by atoms with Crippen LogP contribution in [0, 0.1) is 0 Å². The molecule has 8 nitrogen and oxygen atoms in total. The number of thioether (sulfide) groups is 1. The van der Waals surface area contributed by atoms with Gasteiger partial charge in [0.05, 0.1) is 26.9 Å². The second-order valence-electron chi connectivity index (χ2n) is 9.03. The van der Waals surface area contributed by atoms with Gasteiger partial charge in [-0.25, -0.2) is 15.0 Å². The van der Waals surface area contributed by atoms with Gasteiger partial charge in [0.2, 0.25) is 0 Å². The predicted molar refractivity (Wildman–Crippen MR) is 144 cm³/mol. The SMILES string of the molecule is CCc1[nH]c2c(c1Cl)=C(N1CCC(N)C1)N=C(Sc1ccc3c(NCC(C)O)ncnc3c1)CC=2. The van der Waals surface area contributed by atoms with Crippen LogP contribution in [0.15, 0.2) is 34.4 Å². The number of nitrogens with two attached hydrogens (primary N) is 1. The summed E-state index contributed by atoms with van der Waals surface area (Å²) < 4.78 is 0. The third-order valence-electron chi connectivity index (χ3n) is 6.26. The number of anilines is 1. The van der Waals surface area contributed by atoms with E-state index in [1.54, 1.807) is 25.0 Å². The minimum Gasteiger partial charge on any atom is -0.392 e. The maximum atomic E-state index is 9.60. The number of aryl methyl sites for hydroxylation is 1. The van der Waals surface area contributed by atoms with Gasteiger partial charge < -0.3 is 26.0 Å². The lowest BCUT2D eigenvalue weighted by molar-refractivity contribution is 0.208. The first-order valence-corrected chi connectivity index (χ1v) is 13.2. The summed E-state index contributed by atoms with van der Waals surface area (Å²) in [6.45, 7) is 5.91. The van der Waals surface area contributed by atoms with Crippen molar-refractivity contribution >= 4 is 57.0 Å². The minimum atomic E-state index is -0.462. The van der Waals surface area contributed by atoms with Gasteiger partial charge in [-0.15, -0.1) is 0 Å². The summed E-state index contributed by atoms with van der Waals surface area (Å²) in [6, 6.07) is 6.27. The molecule has 2 atom stereocenters. The molecule has 35 heavy (non-hydrogen) atoms. The Bertz CT molecular complexity index is 1400. The molecule has 184 valence electrons. The van der Waals surface area contributed by atoms with Crippen LogP contribution in [0.4, 0.5) is 5.82 Å². The van der Waals surface area contributed by atoms with Crippen molar-refractivity contribution in [2.24, 2.45) is 10.7 Å². The molecular formula is C25H30ClN7OS. The summed E-state index contributed by atoms with van der Waals surface area (Å²) in [5, 5.41) is 17.4. The number of H-pyrrole nitrogens is 1. The molecule has 1 fully saturated rings. The van der Waals surface area contributed by atoms with Crippen molar-refractivity contribution in [3.63, 3.8) is 0 Å². The van der Waals surface area contributed by atoms with Gasteiger partial charge in [-0.3, -0.25) is 0 Å². The molecule has 2 aliphatic rings. The average molecular weight is 512 g/mol. The predicted octanol–water partition coefficient (Wildman–Crippen LogP) is 2.44. The molecule has 0 spiro atoms. The zero-order chi connectivity index (χ0) is 24.5. The molecule has 0 bridgehead atoms. The van der Waals surface area contributed by atoms with Crippen LogP contribution >= 0.6 is 23.4 Å². The normalized spacial score (nSPS) is 18.8. The van der Waals surface area contributed by atoms with E-state index in [1.165, 1.54) is 0 Å². The minimum absolute atomic E-state index is 0.143. The third-order valence-corrected chi connectivity index (χ3v) is 7.66. The number of nitrogens with one attached hydrogen (secondary N) is 2. The number of benzene rings is 1. The summed E-state index contributed by atoms with van der Waals surface area (Å²) in [6.07, 6.45) is 5.74. The molecule has 5 rings (SSSR count). The van der Waals surface area contributed by atoms with Crippen molar-refractivity contribution in [2.75, 3.05) is 25.0 Å². The van der Waals surface area contributed by atoms with E-state index < -0.39 is 6.10 Å². The van der Waals surface area contributed by atoms with Gasteiger partial charge in [0.1, 0.15) is 18.0 Å². The van der Waals surface area contributed by atoms with E-state index >= 15 is 0 Å². The molecule has 1 aromatic carbocycles. The Morgan fingerprint density at radius 1 is 1.37 bits per heavy atom. The molecule has 3 aromatic rings. The Morgan fingerprint density at radius 2 is 2.23 bits per heavy atom. The number of aliphatic hydroxyl groups excluding tert-OH is 1. The second-order valence-corrected chi connectivity index (χ2v) is 10.5. The molecule has 2 aliphatic heterocycles. The van der Waals surface area contributed by atoms with Gasteiger partial charge in [-0.1, -0.05) is 36.4 Å². The van der Waals surface area contributed by atoms with Crippen molar-refractivity contribution < 1.29 is 5.11 Å². The van der Waals surface area contributed by atoms with E-state index in [0.29, 0.717) is 18.8 Å².